The molecule has 0 bridgehead atoms. The maximum absolute atomic E-state index is 13.2. The highest BCUT2D eigenvalue weighted by molar-refractivity contribution is 5.85. The van der Waals surface area contributed by atoms with Crippen LogP contribution in [0.4, 0.5) is 5.82 Å². The van der Waals surface area contributed by atoms with E-state index >= 15 is 0 Å². The standard InChI is InChI=1S/C24H36N6O/c1-16-8-6-10-19(17(16)2)27-24(31)18-9-7-12-29(14-18)22-21-23(26-15-25-22)30-13-5-3-4-11-20(30)28-21/h15-19H,3-14H2,1-2H3,(H,27,31)/t16-,17+,18-,19+/m1/s1. The molecular formula is C24H36N6O. The van der Waals surface area contributed by atoms with Gasteiger partial charge in [-0.3, -0.25) is 4.79 Å². The molecular weight excluding hydrogens is 388 g/mol. The summed E-state index contributed by atoms with van der Waals surface area (Å²) in [6.45, 7) is 7.25. The first-order valence-electron chi connectivity index (χ1n) is 12.4. The molecule has 1 aliphatic carbocycles. The zero-order valence-electron chi connectivity index (χ0n) is 19.0. The van der Waals surface area contributed by atoms with E-state index in [9.17, 15) is 4.79 Å². The number of carbonyl (C=O) groups is 1. The average Bonchev–Trinajstić information content (AvgIpc) is 2.97. The van der Waals surface area contributed by atoms with E-state index in [1.165, 1.54) is 32.1 Å². The Balaban J connectivity index is 1.33. The largest absolute Gasteiger partial charge is 0.354 e. The maximum Gasteiger partial charge on any atom is 0.225 e. The number of carbonyl (C=O) groups excluding carboxylic acids is 1. The van der Waals surface area contributed by atoms with Crippen LogP contribution in [0.5, 0.6) is 0 Å². The van der Waals surface area contributed by atoms with Crippen molar-refractivity contribution < 1.29 is 4.79 Å². The summed E-state index contributed by atoms with van der Waals surface area (Å²) in [6, 6.07) is 0.321. The molecule has 1 saturated carbocycles. The Morgan fingerprint density at radius 3 is 2.84 bits per heavy atom. The fourth-order valence-electron chi connectivity index (χ4n) is 5.83. The van der Waals surface area contributed by atoms with E-state index in [4.69, 9.17) is 4.98 Å². The van der Waals surface area contributed by atoms with Crippen molar-refractivity contribution in [1.82, 2.24) is 24.8 Å². The number of hydrogen-bond acceptors (Lipinski definition) is 5. The van der Waals surface area contributed by atoms with Gasteiger partial charge in [0.2, 0.25) is 5.91 Å². The first-order valence-corrected chi connectivity index (χ1v) is 12.4. The molecule has 7 nitrogen and oxygen atoms in total. The molecule has 3 aliphatic rings. The second kappa shape index (κ2) is 8.75. The van der Waals surface area contributed by atoms with Crippen LogP contribution in [0.1, 0.15) is 71.0 Å². The molecule has 1 saturated heterocycles. The van der Waals surface area contributed by atoms with Gasteiger partial charge in [-0.05, 0) is 43.9 Å². The molecule has 0 aromatic carbocycles. The number of anilines is 1. The Labute approximate surface area is 185 Å². The quantitative estimate of drug-likeness (QED) is 0.813. The summed E-state index contributed by atoms with van der Waals surface area (Å²) in [5.41, 5.74) is 1.87. The van der Waals surface area contributed by atoms with Crippen molar-refractivity contribution in [1.29, 1.82) is 0 Å². The van der Waals surface area contributed by atoms with Crippen LogP contribution >= 0.6 is 0 Å². The molecule has 2 aromatic rings. The molecule has 4 atom stereocenters. The summed E-state index contributed by atoms with van der Waals surface area (Å²) in [5, 5.41) is 3.41. The minimum Gasteiger partial charge on any atom is -0.354 e. The zero-order valence-corrected chi connectivity index (χ0v) is 19.0. The van der Waals surface area contributed by atoms with Gasteiger partial charge in [-0.15, -0.1) is 0 Å². The van der Waals surface area contributed by atoms with E-state index in [1.54, 1.807) is 6.33 Å². The first-order chi connectivity index (χ1) is 15.1. The highest BCUT2D eigenvalue weighted by atomic mass is 16.2. The van der Waals surface area contributed by atoms with E-state index in [2.05, 4.69) is 38.6 Å². The number of hydrogen-bond donors (Lipinski definition) is 1. The fourth-order valence-corrected chi connectivity index (χ4v) is 5.83. The summed E-state index contributed by atoms with van der Waals surface area (Å²) in [5.74, 6) is 3.53. The lowest BCUT2D eigenvalue weighted by molar-refractivity contribution is -0.126. The molecule has 7 heteroatoms. The van der Waals surface area contributed by atoms with Crippen molar-refractivity contribution in [2.45, 2.75) is 84.2 Å². The van der Waals surface area contributed by atoms with Crippen LogP contribution in [0.15, 0.2) is 6.33 Å². The summed E-state index contributed by atoms with van der Waals surface area (Å²) in [4.78, 5) is 29.6. The van der Waals surface area contributed by atoms with Gasteiger partial charge in [-0.2, -0.15) is 0 Å². The molecule has 31 heavy (non-hydrogen) atoms. The Morgan fingerprint density at radius 1 is 1.03 bits per heavy atom. The number of fused-ring (bicyclic) bond motifs is 3. The SMILES string of the molecule is C[C@H]1[C@H](C)CCC[C@@H]1NC(=O)[C@@H]1CCCN(c2ncnc3c2nc2n3CCCCC2)C1. The summed E-state index contributed by atoms with van der Waals surface area (Å²) >= 11 is 0. The lowest BCUT2D eigenvalue weighted by Crippen LogP contribution is -2.49. The first kappa shape index (κ1) is 20.7. The topological polar surface area (TPSA) is 75.9 Å². The average molecular weight is 425 g/mol. The lowest BCUT2D eigenvalue weighted by Gasteiger charge is -2.37. The van der Waals surface area contributed by atoms with E-state index in [0.717, 1.165) is 68.1 Å². The van der Waals surface area contributed by atoms with E-state index in [-0.39, 0.29) is 11.8 Å². The molecule has 2 aliphatic heterocycles. The molecule has 2 fully saturated rings. The minimum atomic E-state index is 0.0173. The molecule has 4 heterocycles. The van der Waals surface area contributed by atoms with Crippen LogP contribution in [-0.4, -0.2) is 44.6 Å². The second-order valence-electron chi connectivity index (χ2n) is 10.0. The highest BCUT2D eigenvalue weighted by Crippen LogP contribution is 2.32. The van der Waals surface area contributed by atoms with E-state index in [1.807, 2.05) is 0 Å². The van der Waals surface area contributed by atoms with Crippen LogP contribution < -0.4 is 10.2 Å². The smallest absolute Gasteiger partial charge is 0.225 e. The van der Waals surface area contributed by atoms with Crippen molar-refractivity contribution in [3.05, 3.63) is 12.2 Å². The molecule has 2 aromatic heterocycles. The van der Waals surface area contributed by atoms with Crippen molar-refractivity contribution in [2.75, 3.05) is 18.0 Å². The molecule has 168 valence electrons. The van der Waals surface area contributed by atoms with Gasteiger partial charge in [0.15, 0.2) is 17.0 Å². The Bertz CT molecular complexity index is 940. The van der Waals surface area contributed by atoms with Crippen molar-refractivity contribution in [3.8, 4) is 0 Å². The second-order valence-corrected chi connectivity index (χ2v) is 10.0. The van der Waals surface area contributed by atoms with Gasteiger partial charge in [0, 0.05) is 32.1 Å². The summed E-state index contributed by atoms with van der Waals surface area (Å²) in [7, 11) is 0. The fraction of sp³-hybridized carbons (Fsp3) is 0.750. The molecule has 0 spiro atoms. The van der Waals surface area contributed by atoms with Gasteiger partial charge in [-0.1, -0.05) is 33.1 Å². The Hall–Kier alpha value is -2.18. The minimum absolute atomic E-state index is 0.0173. The monoisotopic (exact) mass is 424 g/mol. The molecule has 5 rings (SSSR count). The number of nitrogens with zero attached hydrogens (tertiary/aromatic N) is 5. The van der Waals surface area contributed by atoms with E-state index < -0.39 is 0 Å². The highest BCUT2D eigenvalue weighted by Gasteiger charge is 2.33. The van der Waals surface area contributed by atoms with Crippen molar-refractivity contribution in [3.63, 3.8) is 0 Å². The predicted octanol–water partition coefficient (Wildman–Crippen LogP) is 3.71. The third-order valence-electron chi connectivity index (χ3n) is 8.00. The number of imidazole rings is 1. The van der Waals surface area contributed by atoms with Crippen LogP contribution in [0, 0.1) is 17.8 Å². The van der Waals surface area contributed by atoms with Gasteiger partial charge in [0.05, 0.1) is 5.92 Å². The molecule has 0 radical (unpaired) electrons. The molecule has 0 unspecified atom stereocenters. The van der Waals surface area contributed by atoms with Crippen molar-refractivity contribution in [2.24, 2.45) is 17.8 Å². The van der Waals surface area contributed by atoms with Crippen LogP contribution in [-0.2, 0) is 17.8 Å². The normalized spacial score (nSPS) is 29.4. The third kappa shape index (κ3) is 4.03. The molecule has 1 N–H and O–H groups in total. The maximum atomic E-state index is 13.2. The third-order valence-corrected chi connectivity index (χ3v) is 8.00. The van der Waals surface area contributed by atoms with Gasteiger partial charge in [-0.25, -0.2) is 15.0 Å². The number of rotatable bonds is 3. The van der Waals surface area contributed by atoms with E-state index in [0.29, 0.717) is 17.9 Å². The number of piperidine rings is 1. The summed E-state index contributed by atoms with van der Waals surface area (Å²) < 4.78 is 2.29. The number of nitrogens with one attached hydrogen (secondary N) is 1. The van der Waals surface area contributed by atoms with Crippen LogP contribution in [0.3, 0.4) is 0 Å². The number of aryl methyl sites for hydroxylation is 2. The Morgan fingerprint density at radius 2 is 1.94 bits per heavy atom. The summed E-state index contributed by atoms with van der Waals surface area (Å²) in [6.07, 6.45) is 11.9. The Kier molecular flexibility index (Phi) is 5.85. The van der Waals surface area contributed by atoms with Crippen LogP contribution in [0.2, 0.25) is 0 Å². The van der Waals surface area contributed by atoms with Gasteiger partial charge in [0.25, 0.3) is 0 Å². The van der Waals surface area contributed by atoms with Crippen LogP contribution in [0.25, 0.3) is 11.2 Å². The van der Waals surface area contributed by atoms with Gasteiger partial charge in [0.1, 0.15) is 12.2 Å². The van der Waals surface area contributed by atoms with Crippen molar-refractivity contribution >= 4 is 22.9 Å². The zero-order chi connectivity index (χ0) is 21.4. The molecule has 1 amide bonds. The number of amides is 1. The lowest BCUT2D eigenvalue weighted by atomic mass is 9.78. The van der Waals surface area contributed by atoms with Gasteiger partial charge >= 0.3 is 0 Å². The predicted molar refractivity (Wildman–Crippen MR) is 122 cm³/mol. The van der Waals surface area contributed by atoms with Gasteiger partial charge < -0.3 is 14.8 Å². The number of aromatic nitrogens is 4.